The van der Waals surface area contributed by atoms with Gasteiger partial charge in [0.05, 0.1) is 11.0 Å². The normalized spacial score (nSPS) is 10.8. The van der Waals surface area contributed by atoms with Crippen LogP contribution in [0, 0.1) is 0 Å². The number of hydrogen-bond donors (Lipinski definition) is 2. The van der Waals surface area contributed by atoms with Crippen LogP contribution in [-0.2, 0) is 4.79 Å². The van der Waals surface area contributed by atoms with Gasteiger partial charge >= 0.3 is 0 Å². The maximum absolute atomic E-state index is 11.1. The van der Waals surface area contributed by atoms with Gasteiger partial charge in [0.1, 0.15) is 12.1 Å². The van der Waals surface area contributed by atoms with E-state index in [1.807, 2.05) is 59.2 Å². The molecule has 3 aromatic carbocycles. The summed E-state index contributed by atoms with van der Waals surface area (Å²) in [4.78, 5) is 15.6. The number of aromatic hydroxyl groups is 1. The van der Waals surface area contributed by atoms with E-state index in [2.05, 4.69) is 10.3 Å². The average molecular weight is 343 g/mol. The van der Waals surface area contributed by atoms with Crippen LogP contribution in [0.5, 0.6) is 5.75 Å². The lowest BCUT2D eigenvalue weighted by Crippen LogP contribution is -2.05. The fraction of sp³-hybridized carbons (Fsp3) is 0.0476. The van der Waals surface area contributed by atoms with Gasteiger partial charge in [0, 0.05) is 18.3 Å². The van der Waals surface area contributed by atoms with Crippen molar-refractivity contribution in [1.82, 2.24) is 9.55 Å². The minimum Gasteiger partial charge on any atom is -0.508 e. The standard InChI is InChI=1S/C21H17N3O2/c1-14(25)23-17-5-7-18(8-6-17)24-13-22-20-12-16(4-11-21(20)24)15-2-9-19(26)10-3-15/h2-13,26H,1H3,(H,23,25). The molecule has 0 aliphatic rings. The number of phenolic OH excluding ortho intramolecular Hbond substituents is 1. The molecule has 128 valence electrons. The van der Waals surface area contributed by atoms with Crippen LogP contribution >= 0.6 is 0 Å². The van der Waals surface area contributed by atoms with Crippen LogP contribution in [0.25, 0.3) is 27.8 Å². The highest BCUT2D eigenvalue weighted by atomic mass is 16.3. The SMILES string of the molecule is CC(=O)Nc1ccc(-n2cnc3cc(-c4ccc(O)cc4)ccc32)cc1. The Balaban J connectivity index is 1.69. The van der Waals surface area contributed by atoms with E-state index in [1.54, 1.807) is 18.5 Å². The van der Waals surface area contributed by atoms with Crippen molar-refractivity contribution in [2.75, 3.05) is 5.32 Å². The first-order valence-electron chi connectivity index (χ1n) is 8.25. The van der Waals surface area contributed by atoms with Crippen LogP contribution < -0.4 is 5.32 Å². The number of amides is 1. The second kappa shape index (κ2) is 6.37. The van der Waals surface area contributed by atoms with Crippen LogP contribution in [0.3, 0.4) is 0 Å². The molecule has 0 spiro atoms. The predicted molar refractivity (Wildman–Crippen MR) is 102 cm³/mol. The highest BCUT2D eigenvalue weighted by molar-refractivity contribution is 5.89. The van der Waals surface area contributed by atoms with E-state index in [-0.39, 0.29) is 11.7 Å². The number of imidazole rings is 1. The first kappa shape index (κ1) is 15.9. The molecule has 0 fully saturated rings. The summed E-state index contributed by atoms with van der Waals surface area (Å²) in [7, 11) is 0. The van der Waals surface area contributed by atoms with Gasteiger partial charge in [-0.15, -0.1) is 0 Å². The lowest BCUT2D eigenvalue weighted by molar-refractivity contribution is -0.114. The van der Waals surface area contributed by atoms with Gasteiger partial charge in [-0.1, -0.05) is 18.2 Å². The number of hydrogen-bond acceptors (Lipinski definition) is 3. The van der Waals surface area contributed by atoms with Gasteiger partial charge in [-0.2, -0.15) is 0 Å². The maximum Gasteiger partial charge on any atom is 0.221 e. The maximum atomic E-state index is 11.1. The van der Waals surface area contributed by atoms with E-state index in [9.17, 15) is 9.90 Å². The third kappa shape index (κ3) is 3.02. The molecule has 1 heterocycles. The highest BCUT2D eigenvalue weighted by Gasteiger charge is 2.07. The smallest absolute Gasteiger partial charge is 0.221 e. The van der Waals surface area contributed by atoms with Crippen LogP contribution in [0.15, 0.2) is 73.1 Å². The fourth-order valence-corrected chi connectivity index (χ4v) is 2.96. The first-order valence-corrected chi connectivity index (χ1v) is 8.25. The summed E-state index contributed by atoms with van der Waals surface area (Å²) in [6, 6.07) is 20.8. The number of carbonyl (C=O) groups excluding carboxylic acids is 1. The summed E-state index contributed by atoms with van der Waals surface area (Å²) in [6.45, 7) is 1.49. The van der Waals surface area contributed by atoms with E-state index in [4.69, 9.17) is 0 Å². The molecule has 5 heteroatoms. The van der Waals surface area contributed by atoms with Gasteiger partial charge in [0.15, 0.2) is 0 Å². The Morgan fingerprint density at radius 3 is 2.35 bits per heavy atom. The van der Waals surface area contributed by atoms with E-state index < -0.39 is 0 Å². The molecule has 0 unspecified atom stereocenters. The molecule has 0 aliphatic heterocycles. The van der Waals surface area contributed by atoms with Crippen LogP contribution in [0.1, 0.15) is 6.92 Å². The zero-order valence-electron chi connectivity index (χ0n) is 14.2. The van der Waals surface area contributed by atoms with E-state index in [0.717, 1.165) is 33.5 Å². The molecule has 0 saturated carbocycles. The third-order valence-electron chi connectivity index (χ3n) is 4.21. The zero-order chi connectivity index (χ0) is 18.1. The molecule has 0 bridgehead atoms. The van der Waals surface area contributed by atoms with Crippen molar-refractivity contribution in [3.8, 4) is 22.6 Å². The number of nitrogens with one attached hydrogen (secondary N) is 1. The molecule has 0 saturated heterocycles. The minimum atomic E-state index is -0.0902. The summed E-state index contributed by atoms with van der Waals surface area (Å²) >= 11 is 0. The van der Waals surface area contributed by atoms with Gasteiger partial charge in [-0.25, -0.2) is 4.98 Å². The average Bonchev–Trinajstić information content (AvgIpc) is 3.06. The predicted octanol–water partition coefficient (Wildman–Crippen LogP) is 4.36. The number of phenols is 1. The topological polar surface area (TPSA) is 67.2 Å². The lowest BCUT2D eigenvalue weighted by Gasteiger charge is -2.07. The Kier molecular flexibility index (Phi) is 3.89. The molecule has 0 aliphatic carbocycles. The van der Waals surface area contributed by atoms with Crippen LogP contribution in [0.4, 0.5) is 5.69 Å². The summed E-state index contributed by atoms with van der Waals surface area (Å²) in [5.41, 5.74) is 5.70. The largest absolute Gasteiger partial charge is 0.508 e. The van der Waals surface area contributed by atoms with E-state index >= 15 is 0 Å². The summed E-state index contributed by atoms with van der Waals surface area (Å²) < 4.78 is 2.01. The number of fused-ring (bicyclic) bond motifs is 1. The van der Waals surface area contributed by atoms with Gasteiger partial charge < -0.3 is 10.4 Å². The quantitative estimate of drug-likeness (QED) is 0.581. The molecular weight excluding hydrogens is 326 g/mol. The molecule has 0 atom stereocenters. The summed E-state index contributed by atoms with van der Waals surface area (Å²) in [6.07, 6.45) is 1.79. The summed E-state index contributed by atoms with van der Waals surface area (Å²) in [5, 5.41) is 12.2. The van der Waals surface area contributed by atoms with Crippen molar-refractivity contribution in [2.45, 2.75) is 6.92 Å². The zero-order valence-corrected chi connectivity index (χ0v) is 14.2. The molecule has 1 aromatic heterocycles. The minimum absolute atomic E-state index is 0.0902. The molecule has 2 N–H and O–H groups in total. The number of aromatic nitrogens is 2. The van der Waals surface area contributed by atoms with Crippen molar-refractivity contribution >= 4 is 22.6 Å². The van der Waals surface area contributed by atoms with Crippen molar-refractivity contribution in [2.24, 2.45) is 0 Å². The van der Waals surface area contributed by atoms with Crippen molar-refractivity contribution in [3.63, 3.8) is 0 Å². The van der Waals surface area contributed by atoms with Crippen LogP contribution in [0.2, 0.25) is 0 Å². The molecule has 4 aromatic rings. The van der Waals surface area contributed by atoms with Gasteiger partial charge in [0.25, 0.3) is 0 Å². The molecule has 4 rings (SSSR count). The Hall–Kier alpha value is -3.60. The third-order valence-corrected chi connectivity index (χ3v) is 4.21. The monoisotopic (exact) mass is 343 g/mol. The first-order chi connectivity index (χ1) is 12.6. The van der Waals surface area contributed by atoms with Crippen molar-refractivity contribution < 1.29 is 9.90 Å². The number of carbonyl (C=O) groups is 1. The molecule has 5 nitrogen and oxygen atoms in total. The Morgan fingerprint density at radius 2 is 1.65 bits per heavy atom. The Morgan fingerprint density at radius 1 is 0.962 bits per heavy atom. The van der Waals surface area contributed by atoms with Crippen molar-refractivity contribution in [1.29, 1.82) is 0 Å². The molecule has 1 amide bonds. The van der Waals surface area contributed by atoms with Gasteiger partial charge in [-0.05, 0) is 59.7 Å². The Bertz CT molecular complexity index is 1080. The lowest BCUT2D eigenvalue weighted by atomic mass is 10.1. The Labute approximate surface area is 150 Å². The van der Waals surface area contributed by atoms with Gasteiger partial charge in [0.2, 0.25) is 5.91 Å². The highest BCUT2D eigenvalue weighted by Crippen LogP contribution is 2.27. The number of nitrogens with zero attached hydrogens (tertiary/aromatic N) is 2. The van der Waals surface area contributed by atoms with E-state index in [0.29, 0.717) is 0 Å². The molecular formula is C21H17N3O2. The summed E-state index contributed by atoms with van der Waals surface area (Å²) in [5.74, 6) is 0.161. The second-order valence-corrected chi connectivity index (χ2v) is 6.09. The molecule has 26 heavy (non-hydrogen) atoms. The molecule has 0 radical (unpaired) electrons. The van der Waals surface area contributed by atoms with Gasteiger partial charge in [-0.3, -0.25) is 9.36 Å². The number of benzene rings is 3. The fourth-order valence-electron chi connectivity index (χ4n) is 2.96. The van der Waals surface area contributed by atoms with Crippen LogP contribution in [-0.4, -0.2) is 20.6 Å². The second-order valence-electron chi connectivity index (χ2n) is 6.09. The van der Waals surface area contributed by atoms with Crippen molar-refractivity contribution in [3.05, 3.63) is 73.1 Å². The number of anilines is 1. The van der Waals surface area contributed by atoms with E-state index in [1.165, 1.54) is 6.92 Å². The number of rotatable bonds is 3.